The molecule has 0 atom stereocenters. The topological polar surface area (TPSA) is 74.1 Å². The van der Waals surface area contributed by atoms with Gasteiger partial charge < -0.3 is 0 Å². The van der Waals surface area contributed by atoms with E-state index in [-0.39, 0.29) is 10.6 Å². The highest BCUT2D eigenvalue weighted by Crippen LogP contribution is 2.19. The first-order valence-corrected chi connectivity index (χ1v) is 8.37. The van der Waals surface area contributed by atoms with Crippen LogP contribution in [0, 0.1) is 11.3 Å². The normalized spacial score (nSPS) is 11.5. The average Bonchev–Trinajstić information content (AvgIpc) is 2.47. The number of unbranched alkanes of at least 4 members (excludes halogenated alkanes) is 2. The largest absolute Gasteiger partial charge is 0.245 e. The summed E-state index contributed by atoms with van der Waals surface area (Å²) >= 11 is 0. The Hall–Kier alpha value is -1.45. The van der Waals surface area contributed by atoms with Crippen LogP contribution in [0.2, 0.25) is 0 Å². The fourth-order valence-corrected chi connectivity index (χ4v) is 3.45. The molecular formula is C14H21N3O2S. The number of pyridine rings is 1. The summed E-state index contributed by atoms with van der Waals surface area (Å²) in [6.45, 7) is 5.02. The van der Waals surface area contributed by atoms with Crippen LogP contribution in [0.3, 0.4) is 0 Å². The zero-order valence-electron chi connectivity index (χ0n) is 12.0. The molecule has 0 amide bonds. The fraction of sp³-hybridized carbons (Fsp3) is 0.571. The lowest BCUT2D eigenvalue weighted by Gasteiger charge is -2.22. The summed E-state index contributed by atoms with van der Waals surface area (Å²) in [7, 11) is -3.64. The first-order valence-electron chi connectivity index (χ1n) is 6.93. The lowest BCUT2D eigenvalue weighted by atomic mass is 10.3. The van der Waals surface area contributed by atoms with Crippen molar-refractivity contribution in [1.29, 1.82) is 5.26 Å². The molecule has 0 aliphatic carbocycles. The SMILES string of the molecule is CCCCN(CCCC)S(=O)(=O)c1cccnc1C#N. The van der Waals surface area contributed by atoms with Gasteiger partial charge in [0.15, 0.2) is 5.69 Å². The van der Waals surface area contributed by atoms with Crippen LogP contribution in [0.25, 0.3) is 0 Å². The van der Waals surface area contributed by atoms with E-state index in [1.165, 1.54) is 16.6 Å². The molecule has 110 valence electrons. The molecule has 0 unspecified atom stereocenters. The summed E-state index contributed by atoms with van der Waals surface area (Å²) < 4.78 is 26.8. The van der Waals surface area contributed by atoms with Gasteiger partial charge in [0.05, 0.1) is 0 Å². The molecule has 0 aliphatic rings. The van der Waals surface area contributed by atoms with Crippen LogP contribution in [0.5, 0.6) is 0 Å². The number of nitrogens with zero attached hydrogens (tertiary/aromatic N) is 3. The van der Waals surface area contributed by atoms with Crippen LogP contribution in [0.4, 0.5) is 0 Å². The number of sulfonamides is 1. The number of nitriles is 1. The Bertz CT molecular complexity index is 556. The van der Waals surface area contributed by atoms with E-state index in [4.69, 9.17) is 5.26 Å². The first-order chi connectivity index (χ1) is 9.57. The maximum Gasteiger partial charge on any atom is 0.245 e. The van der Waals surface area contributed by atoms with Gasteiger partial charge in [-0.3, -0.25) is 0 Å². The van der Waals surface area contributed by atoms with Crippen LogP contribution in [0.1, 0.15) is 45.2 Å². The van der Waals surface area contributed by atoms with Gasteiger partial charge in [0, 0.05) is 19.3 Å². The summed E-state index contributed by atoms with van der Waals surface area (Å²) in [5.41, 5.74) is -0.0366. The van der Waals surface area contributed by atoms with Gasteiger partial charge in [-0.25, -0.2) is 13.4 Å². The minimum atomic E-state index is -3.64. The highest BCUT2D eigenvalue weighted by molar-refractivity contribution is 7.89. The van der Waals surface area contributed by atoms with Gasteiger partial charge in [-0.05, 0) is 25.0 Å². The molecule has 0 spiro atoms. The van der Waals surface area contributed by atoms with E-state index in [9.17, 15) is 8.42 Å². The Labute approximate surface area is 121 Å². The van der Waals surface area contributed by atoms with Gasteiger partial charge in [0.25, 0.3) is 0 Å². The molecule has 0 N–H and O–H groups in total. The predicted molar refractivity (Wildman–Crippen MR) is 77.5 cm³/mol. The number of aromatic nitrogens is 1. The minimum Gasteiger partial charge on any atom is -0.244 e. The number of hydrogen-bond acceptors (Lipinski definition) is 4. The molecule has 1 rings (SSSR count). The standard InChI is InChI=1S/C14H21N3O2S/c1-3-5-10-17(11-6-4-2)20(18,19)14-8-7-9-16-13(14)12-15/h7-9H,3-6,10-11H2,1-2H3. The van der Waals surface area contributed by atoms with Gasteiger partial charge >= 0.3 is 0 Å². The van der Waals surface area contributed by atoms with Crippen molar-refractivity contribution >= 4 is 10.0 Å². The van der Waals surface area contributed by atoms with Gasteiger partial charge in [0.2, 0.25) is 10.0 Å². The van der Waals surface area contributed by atoms with Crippen molar-refractivity contribution in [3.05, 3.63) is 24.0 Å². The van der Waals surface area contributed by atoms with Crippen molar-refractivity contribution in [3.63, 3.8) is 0 Å². The van der Waals surface area contributed by atoms with Crippen LogP contribution in [0.15, 0.2) is 23.2 Å². The maximum absolute atomic E-state index is 12.7. The molecule has 20 heavy (non-hydrogen) atoms. The number of hydrogen-bond donors (Lipinski definition) is 0. The highest BCUT2D eigenvalue weighted by Gasteiger charge is 2.26. The molecule has 0 aromatic carbocycles. The Balaban J connectivity index is 3.11. The van der Waals surface area contributed by atoms with E-state index >= 15 is 0 Å². The van der Waals surface area contributed by atoms with Crippen LogP contribution >= 0.6 is 0 Å². The molecule has 1 aromatic rings. The minimum absolute atomic E-state index is 0.00899. The van der Waals surface area contributed by atoms with Crippen LogP contribution in [-0.2, 0) is 10.0 Å². The second-order valence-electron chi connectivity index (χ2n) is 4.57. The van der Waals surface area contributed by atoms with Gasteiger partial charge in [0.1, 0.15) is 11.0 Å². The zero-order valence-corrected chi connectivity index (χ0v) is 12.9. The zero-order chi connectivity index (χ0) is 15.0. The molecule has 1 aromatic heterocycles. The first kappa shape index (κ1) is 16.6. The second-order valence-corrected chi connectivity index (χ2v) is 6.48. The van der Waals surface area contributed by atoms with Crippen molar-refractivity contribution in [3.8, 4) is 6.07 Å². The molecule has 5 nitrogen and oxygen atoms in total. The number of rotatable bonds is 8. The quantitative estimate of drug-likeness (QED) is 0.738. The van der Waals surface area contributed by atoms with E-state index < -0.39 is 10.0 Å². The highest BCUT2D eigenvalue weighted by atomic mass is 32.2. The predicted octanol–water partition coefficient (Wildman–Crippen LogP) is 2.54. The molecule has 0 aliphatic heterocycles. The lowest BCUT2D eigenvalue weighted by Crippen LogP contribution is -2.33. The Morgan fingerprint density at radius 1 is 1.25 bits per heavy atom. The maximum atomic E-state index is 12.7. The van der Waals surface area contributed by atoms with E-state index in [1.54, 1.807) is 6.07 Å². The molecule has 0 saturated carbocycles. The van der Waals surface area contributed by atoms with Crippen LogP contribution < -0.4 is 0 Å². The molecule has 0 saturated heterocycles. The summed E-state index contributed by atoms with van der Waals surface area (Å²) in [6, 6.07) is 4.85. The fourth-order valence-electron chi connectivity index (χ4n) is 1.84. The van der Waals surface area contributed by atoms with Crippen molar-refractivity contribution < 1.29 is 8.42 Å². The Morgan fingerprint density at radius 3 is 2.35 bits per heavy atom. The summed E-state index contributed by atoms with van der Waals surface area (Å²) in [4.78, 5) is 3.85. The van der Waals surface area contributed by atoms with E-state index in [1.807, 2.05) is 19.9 Å². The van der Waals surface area contributed by atoms with Crippen molar-refractivity contribution in [1.82, 2.24) is 9.29 Å². The van der Waals surface area contributed by atoms with Crippen molar-refractivity contribution in [2.45, 2.75) is 44.4 Å². The van der Waals surface area contributed by atoms with Crippen molar-refractivity contribution in [2.75, 3.05) is 13.1 Å². The molecule has 1 heterocycles. The molecule has 6 heteroatoms. The second kappa shape index (κ2) is 7.98. The summed E-state index contributed by atoms with van der Waals surface area (Å²) in [5.74, 6) is 0. The van der Waals surface area contributed by atoms with Crippen LogP contribution in [-0.4, -0.2) is 30.8 Å². The van der Waals surface area contributed by atoms with Gasteiger partial charge in [-0.15, -0.1) is 0 Å². The third-order valence-corrected chi connectivity index (χ3v) is 4.95. The van der Waals surface area contributed by atoms with E-state index in [2.05, 4.69) is 4.98 Å². The van der Waals surface area contributed by atoms with Crippen molar-refractivity contribution in [2.24, 2.45) is 0 Å². The van der Waals surface area contributed by atoms with Gasteiger partial charge in [-0.1, -0.05) is 26.7 Å². The third kappa shape index (κ3) is 4.02. The Kier molecular flexibility index (Phi) is 6.62. The van der Waals surface area contributed by atoms with E-state index in [0.717, 1.165) is 25.7 Å². The molecule has 0 fully saturated rings. The van der Waals surface area contributed by atoms with E-state index in [0.29, 0.717) is 13.1 Å². The third-order valence-electron chi connectivity index (χ3n) is 3.02. The van der Waals surface area contributed by atoms with Gasteiger partial charge in [-0.2, -0.15) is 9.57 Å². The summed E-state index contributed by atoms with van der Waals surface area (Å²) in [6.07, 6.45) is 4.91. The Morgan fingerprint density at radius 2 is 1.85 bits per heavy atom. The lowest BCUT2D eigenvalue weighted by molar-refractivity contribution is 0.395. The monoisotopic (exact) mass is 295 g/mol. The summed E-state index contributed by atoms with van der Waals surface area (Å²) in [5, 5.41) is 9.02. The molecule has 0 bridgehead atoms. The molecular weight excluding hydrogens is 274 g/mol. The average molecular weight is 295 g/mol. The molecule has 0 radical (unpaired) electrons. The smallest absolute Gasteiger partial charge is 0.244 e.